The van der Waals surface area contributed by atoms with Gasteiger partial charge in [0, 0.05) is 0 Å². The average molecular weight is 362 g/mol. The maximum atomic E-state index is 10.6. The van der Waals surface area contributed by atoms with Crippen LogP contribution in [0.25, 0.3) is 0 Å². The summed E-state index contributed by atoms with van der Waals surface area (Å²) in [7, 11) is 5.82. The minimum Gasteiger partial charge on any atom is -0.386 e. The Kier molecular flexibility index (Phi) is 3.74. The third kappa shape index (κ3) is 1.83. The van der Waals surface area contributed by atoms with Gasteiger partial charge in [-0.15, -0.1) is 0 Å². The van der Waals surface area contributed by atoms with Crippen LogP contribution in [0.2, 0.25) is 0 Å². The number of fused-ring (bicyclic) bond motifs is 3. The molecule has 0 radical (unpaired) electrons. The van der Waals surface area contributed by atoms with E-state index in [4.69, 9.17) is 12.5 Å². The quantitative estimate of drug-likeness (QED) is 0.354. The van der Waals surface area contributed by atoms with E-state index in [9.17, 15) is 5.11 Å². The third-order valence-electron chi connectivity index (χ3n) is 4.15. The van der Waals surface area contributed by atoms with Gasteiger partial charge >= 0.3 is 0 Å². The van der Waals surface area contributed by atoms with Crippen molar-refractivity contribution in [1.29, 1.82) is 0 Å². The predicted molar refractivity (Wildman–Crippen MR) is 85.2 cm³/mol. The molecule has 0 amide bonds. The number of aliphatic hydroxyl groups is 1. The van der Waals surface area contributed by atoms with E-state index in [1.165, 1.54) is 0 Å². The molecule has 3 aliphatic rings. The summed E-state index contributed by atoms with van der Waals surface area (Å²) in [5.41, 5.74) is -2.28. The molecule has 3 aliphatic heterocycles. The lowest BCUT2D eigenvalue weighted by molar-refractivity contribution is -0.299. The van der Waals surface area contributed by atoms with Gasteiger partial charge in [-0.1, -0.05) is 12.2 Å². The van der Waals surface area contributed by atoms with E-state index in [1.54, 1.807) is 6.08 Å². The number of ether oxygens (including phenoxy) is 2. The fourth-order valence-corrected chi connectivity index (χ4v) is 3.61. The Labute approximate surface area is 125 Å². The fraction of sp³-hybridized carbons (Fsp3) is 0.800. The van der Waals surface area contributed by atoms with Gasteiger partial charge in [-0.2, -0.15) is 0 Å². The molecule has 0 spiro atoms. The van der Waals surface area contributed by atoms with E-state index < -0.39 is 22.7 Å². The summed E-state index contributed by atoms with van der Waals surface area (Å²) in [4.78, 5) is 0. The van der Waals surface area contributed by atoms with E-state index in [2.05, 4.69) is 0 Å². The number of halogens is 1. The molecule has 4 nitrogen and oxygen atoms in total. The predicted octanol–water partition coefficient (Wildman–Crippen LogP) is -1.90. The minimum atomic E-state index is -0.940. The topological polar surface area (TPSA) is 47.9 Å². The Bertz CT molecular complexity index is 376. The zero-order valence-electron chi connectivity index (χ0n) is 11.4. The first-order chi connectivity index (χ1) is 8.18. The number of rotatable bonds is 2. The SMILES string of the molecule is BC1OC2(C(B)(C)OI)C(O)C=CC1OC2(B)C. The zero-order valence-corrected chi connectivity index (χ0v) is 13.6. The van der Waals surface area contributed by atoms with Crippen LogP contribution in [-0.2, 0) is 12.5 Å². The Morgan fingerprint density at radius 2 is 2.06 bits per heavy atom. The van der Waals surface area contributed by atoms with Crippen LogP contribution in [0, 0.1) is 0 Å². The van der Waals surface area contributed by atoms with E-state index in [0.29, 0.717) is 0 Å². The molecule has 0 saturated carbocycles. The lowest BCUT2D eigenvalue weighted by atomic mass is 9.53. The van der Waals surface area contributed by atoms with E-state index in [1.807, 2.05) is 66.5 Å². The van der Waals surface area contributed by atoms with Crippen LogP contribution in [0.3, 0.4) is 0 Å². The minimum absolute atomic E-state index is 0.114. The van der Waals surface area contributed by atoms with Crippen molar-refractivity contribution in [2.45, 2.75) is 48.7 Å². The molecule has 0 aromatic rings. The third-order valence-corrected chi connectivity index (χ3v) is 5.25. The van der Waals surface area contributed by atoms with E-state index >= 15 is 0 Å². The molecule has 6 unspecified atom stereocenters. The van der Waals surface area contributed by atoms with Gasteiger partial charge < -0.3 is 17.6 Å². The van der Waals surface area contributed by atoms with Crippen molar-refractivity contribution < 1.29 is 17.6 Å². The molecule has 0 aromatic carbocycles. The first-order valence-electron chi connectivity index (χ1n) is 6.20. The van der Waals surface area contributed by atoms with Gasteiger partial charge in [-0.3, -0.25) is 0 Å². The van der Waals surface area contributed by atoms with Crippen molar-refractivity contribution in [2.75, 3.05) is 0 Å². The molecule has 2 bridgehead atoms. The van der Waals surface area contributed by atoms with Gasteiger partial charge in [-0.25, -0.2) is 0 Å². The summed E-state index contributed by atoms with van der Waals surface area (Å²) in [5, 5.41) is 10.6. The van der Waals surface area contributed by atoms with Gasteiger partial charge in [0.25, 0.3) is 0 Å². The molecule has 3 heterocycles. The summed E-state index contributed by atoms with van der Waals surface area (Å²) in [6, 6.07) is -0.114. The highest BCUT2D eigenvalue weighted by molar-refractivity contribution is 14.1. The average Bonchev–Trinajstić information content (AvgIpc) is 2.45. The highest BCUT2D eigenvalue weighted by Crippen LogP contribution is 2.48. The monoisotopic (exact) mass is 362 g/mol. The van der Waals surface area contributed by atoms with Crippen molar-refractivity contribution in [3.8, 4) is 0 Å². The Morgan fingerprint density at radius 1 is 1.44 bits per heavy atom. The maximum Gasteiger partial charge on any atom is 0.148 e. The first-order valence-corrected chi connectivity index (χ1v) is 7.08. The van der Waals surface area contributed by atoms with Crippen LogP contribution in [0.1, 0.15) is 13.8 Å². The second-order valence-corrected chi connectivity index (χ2v) is 6.51. The molecule has 1 fully saturated rings. The molecular weight excluding hydrogens is 343 g/mol. The molecule has 18 heavy (non-hydrogen) atoms. The molecule has 6 atom stereocenters. The van der Waals surface area contributed by atoms with Crippen molar-refractivity contribution in [1.82, 2.24) is 0 Å². The Hall–Kier alpha value is 0.505. The van der Waals surface area contributed by atoms with Crippen LogP contribution in [0.15, 0.2) is 12.2 Å². The van der Waals surface area contributed by atoms with Gasteiger partial charge in [0.1, 0.15) is 58.2 Å². The molecule has 0 aliphatic carbocycles. The molecule has 1 N–H and O–H groups in total. The van der Waals surface area contributed by atoms with Crippen molar-refractivity contribution in [3.05, 3.63) is 12.2 Å². The Morgan fingerprint density at radius 3 is 2.61 bits per heavy atom. The van der Waals surface area contributed by atoms with Crippen LogP contribution in [0.4, 0.5) is 0 Å². The Balaban J connectivity index is 2.60. The van der Waals surface area contributed by atoms with Gasteiger partial charge in [-0.05, 0) is 13.8 Å². The second-order valence-electron chi connectivity index (χ2n) is 6.07. The van der Waals surface area contributed by atoms with Crippen LogP contribution < -0.4 is 0 Å². The van der Waals surface area contributed by atoms with Gasteiger partial charge in [0.05, 0.1) is 23.1 Å². The maximum absolute atomic E-state index is 10.6. The molecule has 1 saturated heterocycles. The number of hydrogen-bond donors (Lipinski definition) is 1. The van der Waals surface area contributed by atoms with E-state index in [-0.39, 0.29) is 12.1 Å². The number of hydrogen-bond acceptors (Lipinski definition) is 4. The van der Waals surface area contributed by atoms with E-state index in [0.717, 1.165) is 0 Å². The summed E-state index contributed by atoms with van der Waals surface area (Å²) in [5.74, 6) is 0. The first kappa shape index (κ1) is 14.9. The normalized spacial score (nSPS) is 50.8. The van der Waals surface area contributed by atoms with Crippen molar-refractivity contribution >= 4 is 46.5 Å². The molecule has 8 heteroatoms. The molecule has 3 rings (SSSR count). The van der Waals surface area contributed by atoms with Crippen LogP contribution >= 0.6 is 23.0 Å². The highest BCUT2D eigenvalue weighted by Gasteiger charge is 2.66. The fourth-order valence-electron chi connectivity index (χ4n) is 3.28. The van der Waals surface area contributed by atoms with Crippen LogP contribution in [-0.4, -0.2) is 63.5 Å². The molecule has 0 aromatic heterocycles. The standard InChI is InChI=1S/C10H18B3IO4/c1-8(12)10(9(2,13)18-14)6(15)4-3-5(16-8)7(11)17-10/h3-7,15H,11-13H2,1-2H3. The summed E-state index contributed by atoms with van der Waals surface area (Å²) >= 11 is 1.86. The van der Waals surface area contributed by atoms with Crippen molar-refractivity contribution in [3.63, 3.8) is 0 Å². The zero-order chi connectivity index (χ0) is 13.8. The lowest BCUT2D eigenvalue weighted by Gasteiger charge is -2.59. The highest BCUT2D eigenvalue weighted by atomic mass is 127. The number of aliphatic hydroxyl groups excluding tert-OH is 1. The summed E-state index contributed by atoms with van der Waals surface area (Å²) < 4.78 is 17.9. The smallest absolute Gasteiger partial charge is 0.148 e. The molecular formula is C10H18B3IO4. The van der Waals surface area contributed by atoms with Crippen LogP contribution in [0.5, 0.6) is 0 Å². The molecule has 98 valence electrons. The summed E-state index contributed by atoms with van der Waals surface area (Å²) in [6.45, 7) is 3.86. The van der Waals surface area contributed by atoms with Crippen molar-refractivity contribution in [2.24, 2.45) is 0 Å². The summed E-state index contributed by atoms with van der Waals surface area (Å²) in [6.07, 6.45) is 2.75. The van der Waals surface area contributed by atoms with Gasteiger partial charge in [0.2, 0.25) is 0 Å². The van der Waals surface area contributed by atoms with Gasteiger partial charge in [0.15, 0.2) is 0 Å². The second kappa shape index (κ2) is 4.51. The largest absolute Gasteiger partial charge is 0.386 e. The lowest BCUT2D eigenvalue weighted by Crippen LogP contribution is -2.77.